The number of nitrogens with one attached hydrogen (secondary N) is 1. The first-order valence-electron chi connectivity index (χ1n) is 7.49. The van der Waals surface area contributed by atoms with Crippen molar-refractivity contribution in [1.29, 1.82) is 0 Å². The first-order valence-corrected chi connectivity index (χ1v) is 7.49. The maximum Gasteiger partial charge on any atom is 0.411 e. The van der Waals surface area contributed by atoms with Crippen molar-refractivity contribution in [2.24, 2.45) is 0 Å². The molecular formula is C16H22F3NO4. The lowest BCUT2D eigenvalue weighted by atomic mass is 10.2. The molecule has 1 aromatic rings. The van der Waals surface area contributed by atoms with Gasteiger partial charge in [0, 0.05) is 5.69 Å². The molecule has 8 heteroatoms. The van der Waals surface area contributed by atoms with Crippen molar-refractivity contribution in [3.63, 3.8) is 0 Å². The second-order valence-electron chi connectivity index (χ2n) is 5.33. The average Bonchev–Trinajstić information content (AvgIpc) is 2.45. The highest BCUT2D eigenvalue weighted by Crippen LogP contribution is 2.15. The first-order chi connectivity index (χ1) is 11.3. The monoisotopic (exact) mass is 349 g/mol. The molecule has 0 saturated carbocycles. The standard InChI is InChI=1S/C16H22F3NO4/c1-12(2)24-7-6-22-9-13-4-3-5-14(8-13)20-15(21)10-23-11-16(17,18)19/h3-5,8,12H,6-7,9-11H2,1-2H3,(H,20,21). The Labute approximate surface area is 139 Å². The normalized spacial score (nSPS) is 11.8. The second-order valence-corrected chi connectivity index (χ2v) is 5.33. The highest BCUT2D eigenvalue weighted by atomic mass is 19.4. The van der Waals surface area contributed by atoms with E-state index in [1.807, 2.05) is 19.9 Å². The van der Waals surface area contributed by atoms with E-state index in [0.717, 1.165) is 5.56 Å². The fourth-order valence-corrected chi connectivity index (χ4v) is 1.73. The SMILES string of the molecule is CC(C)OCCOCc1cccc(NC(=O)COCC(F)(F)F)c1. The summed E-state index contributed by atoms with van der Waals surface area (Å²) in [6.45, 7) is 3.04. The van der Waals surface area contributed by atoms with E-state index in [0.29, 0.717) is 25.5 Å². The number of alkyl halides is 3. The van der Waals surface area contributed by atoms with Gasteiger partial charge in [0.15, 0.2) is 0 Å². The summed E-state index contributed by atoms with van der Waals surface area (Å²) >= 11 is 0. The Morgan fingerprint density at radius 3 is 2.62 bits per heavy atom. The van der Waals surface area contributed by atoms with Crippen molar-refractivity contribution >= 4 is 11.6 Å². The summed E-state index contributed by atoms with van der Waals surface area (Å²) in [6.07, 6.45) is -4.30. The van der Waals surface area contributed by atoms with Gasteiger partial charge in [-0.3, -0.25) is 4.79 Å². The zero-order chi connectivity index (χ0) is 18.0. The molecule has 0 saturated heterocycles. The van der Waals surface area contributed by atoms with Crippen LogP contribution in [0.4, 0.5) is 18.9 Å². The molecule has 0 spiro atoms. The number of amides is 1. The van der Waals surface area contributed by atoms with Crippen LogP contribution < -0.4 is 5.32 Å². The number of hydrogen-bond acceptors (Lipinski definition) is 4. The molecule has 0 aliphatic rings. The molecule has 1 aromatic carbocycles. The lowest BCUT2D eigenvalue weighted by molar-refractivity contribution is -0.174. The molecule has 24 heavy (non-hydrogen) atoms. The van der Waals surface area contributed by atoms with Crippen LogP contribution in [-0.2, 0) is 25.6 Å². The van der Waals surface area contributed by atoms with Gasteiger partial charge in [-0.25, -0.2) is 0 Å². The van der Waals surface area contributed by atoms with Crippen molar-refractivity contribution in [3.8, 4) is 0 Å². The molecule has 0 atom stereocenters. The van der Waals surface area contributed by atoms with Gasteiger partial charge in [-0.15, -0.1) is 0 Å². The number of benzene rings is 1. The van der Waals surface area contributed by atoms with Crippen molar-refractivity contribution in [2.45, 2.75) is 32.7 Å². The van der Waals surface area contributed by atoms with Gasteiger partial charge < -0.3 is 19.5 Å². The molecule has 0 aromatic heterocycles. The Bertz CT molecular complexity index is 506. The molecule has 0 heterocycles. The van der Waals surface area contributed by atoms with Crippen LogP contribution in [0.3, 0.4) is 0 Å². The topological polar surface area (TPSA) is 56.8 Å². The summed E-state index contributed by atoms with van der Waals surface area (Å²) in [7, 11) is 0. The van der Waals surface area contributed by atoms with E-state index in [1.54, 1.807) is 18.2 Å². The smallest absolute Gasteiger partial charge is 0.376 e. The minimum absolute atomic E-state index is 0.145. The van der Waals surface area contributed by atoms with Crippen LogP contribution in [0.25, 0.3) is 0 Å². The van der Waals surface area contributed by atoms with E-state index in [1.165, 1.54) is 0 Å². The molecule has 0 aliphatic carbocycles. The molecule has 0 radical (unpaired) electrons. The third kappa shape index (κ3) is 10.2. The number of carbonyl (C=O) groups excluding carboxylic acids is 1. The fourth-order valence-electron chi connectivity index (χ4n) is 1.73. The van der Waals surface area contributed by atoms with Crippen LogP contribution in [0.15, 0.2) is 24.3 Å². The van der Waals surface area contributed by atoms with E-state index in [2.05, 4.69) is 10.1 Å². The van der Waals surface area contributed by atoms with Gasteiger partial charge in [-0.05, 0) is 31.5 Å². The number of hydrogen-bond donors (Lipinski definition) is 1. The summed E-state index contributed by atoms with van der Waals surface area (Å²) in [4.78, 5) is 11.5. The van der Waals surface area contributed by atoms with Crippen LogP contribution in [-0.4, -0.2) is 44.6 Å². The average molecular weight is 349 g/mol. The zero-order valence-electron chi connectivity index (χ0n) is 13.7. The number of halogens is 3. The van der Waals surface area contributed by atoms with E-state index in [4.69, 9.17) is 9.47 Å². The van der Waals surface area contributed by atoms with Gasteiger partial charge in [0.1, 0.15) is 13.2 Å². The Morgan fingerprint density at radius 1 is 1.21 bits per heavy atom. The van der Waals surface area contributed by atoms with Gasteiger partial charge >= 0.3 is 6.18 Å². The van der Waals surface area contributed by atoms with Gasteiger partial charge in [0.05, 0.1) is 25.9 Å². The molecule has 0 bridgehead atoms. The van der Waals surface area contributed by atoms with Crippen molar-refractivity contribution in [1.82, 2.24) is 0 Å². The molecule has 1 amide bonds. The van der Waals surface area contributed by atoms with Crippen LogP contribution in [0.1, 0.15) is 19.4 Å². The maximum atomic E-state index is 11.9. The summed E-state index contributed by atoms with van der Waals surface area (Å²) in [6, 6.07) is 6.85. The van der Waals surface area contributed by atoms with Gasteiger partial charge in [0.2, 0.25) is 5.91 Å². The van der Waals surface area contributed by atoms with Crippen LogP contribution in [0, 0.1) is 0 Å². The highest BCUT2D eigenvalue weighted by molar-refractivity contribution is 5.91. The Hall–Kier alpha value is -1.64. The molecule has 1 N–H and O–H groups in total. The molecule has 5 nitrogen and oxygen atoms in total. The third-order valence-corrected chi connectivity index (χ3v) is 2.66. The van der Waals surface area contributed by atoms with Crippen LogP contribution >= 0.6 is 0 Å². The van der Waals surface area contributed by atoms with Gasteiger partial charge in [0.25, 0.3) is 0 Å². The fraction of sp³-hybridized carbons (Fsp3) is 0.562. The first kappa shape index (κ1) is 20.4. The minimum Gasteiger partial charge on any atom is -0.376 e. The Morgan fingerprint density at radius 2 is 1.96 bits per heavy atom. The van der Waals surface area contributed by atoms with Gasteiger partial charge in [-0.1, -0.05) is 12.1 Å². The lowest BCUT2D eigenvalue weighted by Crippen LogP contribution is -2.24. The van der Waals surface area contributed by atoms with E-state index in [-0.39, 0.29) is 6.10 Å². The molecule has 0 aliphatic heterocycles. The zero-order valence-corrected chi connectivity index (χ0v) is 13.7. The minimum atomic E-state index is -4.45. The molecule has 0 unspecified atom stereocenters. The highest BCUT2D eigenvalue weighted by Gasteiger charge is 2.27. The molecule has 1 rings (SSSR count). The molecule has 136 valence electrons. The van der Waals surface area contributed by atoms with Crippen LogP contribution in [0.5, 0.6) is 0 Å². The third-order valence-electron chi connectivity index (χ3n) is 2.66. The summed E-state index contributed by atoms with van der Waals surface area (Å²) in [5.74, 6) is -0.650. The lowest BCUT2D eigenvalue weighted by Gasteiger charge is -2.10. The predicted molar refractivity (Wildman–Crippen MR) is 82.7 cm³/mol. The quantitative estimate of drug-likeness (QED) is 0.660. The Kier molecular flexibility index (Phi) is 8.73. The maximum absolute atomic E-state index is 11.9. The number of carbonyl (C=O) groups is 1. The van der Waals surface area contributed by atoms with Crippen molar-refractivity contribution in [2.75, 3.05) is 31.7 Å². The van der Waals surface area contributed by atoms with E-state index >= 15 is 0 Å². The van der Waals surface area contributed by atoms with Gasteiger partial charge in [-0.2, -0.15) is 13.2 Å². The van der Waals surface area contributed by atoms with Crippen LogP contribution in [0.2, 0.25) is 0 Å². The summed E-state index contributed by atoms with van der Waals surface area (Å²) < 4.78 is 50.9. The van der Waals surface area contributed by atoms with Crippen molar-refractivity contribution < 1.29 is 32.2 Å². The Balaban J connectivity index is 2.32. The van der Waals surface area contributed by atoms with Crippen molar-refractivity contribution in [3.05, 3.63) is 29.8 Å². The summed E-state index contributed by atoms with van der Waals surface area (Å²) in [5, 5.41) is 2.47. The molecule has 0 fully saturated rings. The van der Waals surface area contributed by atoms with E-state index < -0.39 is 25.3 Å². The summed E-state index contributed by atoms with van der Waals surface area (Å²) in [5.41, 5.74) is 1.30. The number of ether oxygens (including phenoxy) is 3. The largest absolute Gasteiger partial charge is 0.411 e. The second kappa shape index (κ2) is 10.3. The number of anilines is 1. The predicted octanol–water partition coefficient (Wildman–Crippen LogP) is 3.15. The van der Waals surface area contributed by atoms with E-state index in [9.17, 15) is 18.0 Å². The number of rotatable bonds is 10. The molecular weight excluding hydrogens is 327 g/mol.